The van der Waals surface area contributed by atoms with Crippen LogP contribution in [0.15, 0.2) is 42.5 Å². The highest BCUT2D eigenvalue weighted by molar-refractivity contribution is 6.31. The van der Waals surface area contributed by atoms with Gasteiger partial charge in [-0.15, -0.1) is 0 Å². The smallest absolute Gasteiger partial charge is 0.312 e. The van der Waals surface area contributed by atoms with Crippen molar-refractivity contribution < 1.29 is 14.3 Å². The van der Waals surface area contributed by atoms with Crippen LogP contribution in [0.2, 0.25) is 5.02 Å². The van der Waals surface area contributed by atoms with Gasteiger partial charge in [0, 0.05) is 5.02 Å². The molecule has 0 heterocycles. The van der Waals surface area contributed by atoms with Gasteiger partial charge in [0.25, 0.3) is 0 Å². The summed E-state index contributed by atoms with van der Waals surface area (Å²) in [5.74, 6) is 0.160. The van der Waals surface area contributed by atoms with E-state index in [4.69, 9.17) is 21.1 Å². The molecule has 0 saturated carbocycles. The van der Waals surface area contributed by atoms with E-state index in [-0.39, 0.29) is 11.9 Å². The molecule has 0 fully saturated rings. The molecule has 0 N–H and O–H groups in total. The van der Waals surface area contributed by atoms with E-state index in [0.29, 0.717) is 5.02 Å². The number of ether oxygens (including phenoxy) is 2. The van der Waals surface area contributed by atoms with Crippen molar-refractivity contribution in [2.24, 2.45) is 0 Å². The number of hydrogen-bond donors (Lipinski definition) is 0. The Hall–Kier alpha value is -2.00. The van der Waals surface area contributed by atoms with E-state index in [1.807, 2.05) is 36.4 Å². The van der Waals surface area contributed by atoms with Crippen LogP contribution >= 0.6 is 11.6 Å². The van der Waals surface area contributed by atoms with Crippen molar-refractivity contribution in [3.63, 3.8) is 0 Å². The zero-order chi connectivity index (χ0) is 15.4. The van der Waals surface area contributed by atoms with Crippen molar-refractivity contribution in [1.82, 2.24) is 0 Å². The van der Waals surface area contributed by atoms with E-state index in [1.54, 1.807) is 20.1 Å². The minimum atomic E-state index is -0.356. The molecule has 2 aromatic carbocycles. The second kappa shape index (κ2) is 6.64. The monoisotopic (exact) mass is 304 g/mol. The van der Waals surface area contributed by atoms with Gasteiger partial charge in [-0.25, -0.2) is 0 Å². The number of hydrogen-bond acceptors (Lipinski definition) is 3. The first-order valence-electron chi connectivity index (χ1n) is 6.58. The third-order valence-corrected chi connectivity index (χ3v) is 3.62. The summed E-state index contributed by atoms with van der Waals surface area (Å²) >= 11 is 6.17. The Bertz CT molecular complexity index is 635. The molecule has 3 nitrogen and oxygen atoms in total. The van der Waals surface area contributed by atoms with Crippen molar-refractivity contribution in [3.05, 3.63) is 53.1 Å². The summed E-state index contributed by atoms with van der Waals surface area (Å²) in [4.78, 5) is 11.7. The Labute approximate surface area is 129 Å². The molecule has 0 aliphatic heterocycles. The SMILES string of the molecule is COC(=O)C(C)c1cc(Cl)cc(-c2ccc(OC)cc2)c1. The average Bonchev–Trinajstić information content (AvgIpc) is 2.52. The Kier molecular flexibility index (Phi) is 4.86. The quantitative estimate of drug-likeness (QED) is 0.790. The molecule has 1 unspecified atom stereocenters. The fourth-order valence-electron chi connectivity index (χ4n) is 2.13. The van der Waals surface area contributed by atoms with Crippen LogP contribution < -0.4 is 4.74 Å². The van der Waals surface area contributed by atoms with Crippen LogP contribution in [0.4, 0.5) is 0 Å². The van der Waals surface area contributed by atoms with E-state index in [1.165, 1.54) is 7.11 Å². The van der Waals surface area contributed by atoms with Crippen LogP contribution in [-0.2, 0) is 9.53 Å². The highest BCUT2D eigenvalue weighted by atomic mass is 35.5. The summed E-state index contributed by atoms with van der Waals surface area (Å²) < 4.78 is 9.93. The summed E-state index contributed by atoms with van der Waals surface area (Å²) in [6, 6.07) is 13.3. The predicted octanol–water partition coefficient (Wildman–Crippen LogP) is 4.29. The van der Waals surface area contributed by atoms with E-state index < -0.39 is 0 Å². The van der Waals surface area contributed by atoms with Crippen molar-refractivity contribution in [1.29, 1.82) is 0 Å². The van der Waals surface area contributed by atoms with Crippen LogP contribution in [0.25, 0.3) is 11.1 Å². The van der Waals surface area contributed by atoms with Gasteiger partial charge in [0.2, 0.25) is 0 Å². The molecule has 21 heavy (non-hydrogen) atoms. The lowest BCUT2D eigenvalue weighted by Gasteiger charge is -2.12. The van der Waals surface area contributed by atoms with Gasteiger partial charge in [0.05, 0.1) is 20.1 Å². The second-order valence-electron chi connectivity index (χ2n) is 4.75. The van der Waals surface area contributed by atoms with Gasteiger partial charge in [0.15, 0.2) is 0 Å². The van der Waals surface area contributed by atoms with Crippen molar-refractivity contribution in [3.8, 4) is 16.9 Å². The van der Waals surface area contributed by atoms with Gasteiger partial charge in [-0.3, -0.25) is 4.79 Å². The number of halogens is 1. The molecular formula is C17H17ClO3. The Morgan fingerprint density at radius 1 is 1.05 bits per heavy atom. The normalized spacial score (nSPS) is 11.8. The number of carbonyl (C=O) groups is 1. The fourth-order valence-corrected chi connectivity index (χ4v) is 2.37. The number of methoxy groups -OCH3 is 2. The van der Waals surface area contributed by atoms with Crippen LogP contribution in [0.3, 0.4) is 0 Å². The molecule has 0 aliphatic rings. The molecule has 0 aliphatic carbocycles. The largest absolute Gasteiger partial charge is 0.497 e. The molecule has 4 heteroatoms. The number of carbonyl (C=O) groups excluding carboxylic acids is 1. The third-order valence-electron chi connectivity index (χ3n) is 3.40. The zero-order valence-corrected chi connectivity index (χ0v) is 13.0. The molecule has 110 valence electrons. The fraction of sp³-hybridized carbons (Fsp3) is 0.235. The van der Waals surface area contributed by atoms with Crippen LogP contribution in [0, 0.1) is 0 Å². The standard InChI is InChI=1S/C17H17ClO3/c1-11(17(19)21-3)13-8-14(10-15(18)9-13)12-4-6-16(20-2)7-5-12/h4-11H,1-3H3. The van der Waals surface area contributed by atoms with Crippen LogP contribution in [0.5, 0.6) is 5.75 Å². The van der Waals surface area contributed by atoms with Crippen molar-refractivity contribution >= 4 is 17.6 Å². The van der Waals surface area contributed by atoms with E-state index >= 15 is 0 Å². The number of rotatable bonds is 4. The summed E-state index contributed by atoms with van der Waals surface area (Å²) in [5, 5.41) is 0.592. The zero-order valence-electron chi connectivity index (χ0n) is 12.2. The highest BCUT2D eigenvalue weighted by Gasteiger charge is 2.17. The van der Waals surface area contributed by atoms with Crippen molar-refractivity contribution in [2.45, 2.75) is 12.8 Å². The van der Waals surface area contributed by atoms with Gasteiger partial charge in [0.1, 0.15) is 5.75 Å². The molecule has 0 bridgehead atoms. The molecular weight excluding hydrogens is 288 g/mol. The van der Waals surface area contributed by atoms with E-state index in [0.717, 1.165) is 22.4 Å². The molecule has 0 saturated heterocycles. The Morgan fingerprint density at radius 3 is 2.29 bits per heavy atom. The lowest BCUT2D eigenvalue weighted by atomic mass is 9.96. The minimum absolute atomic E-state index is 0.280. The Morgan fingerprint density at radius 2 is 1.71 bits per heavy atom. The van der Waals surface area contributed by atoms with Crippen LogP contribution in [0.1, 0.15) is 18.4 Å². The Balaban J connectivity index is 2.40. The van der Waals surface area contributed by atoms with E-state index in [2.05, 4.69) is 0 Å². The molecule has 1 atom stereocenters. The number of benzene rings is 2. The maximum Gasteiger partial charge on any atom is 0.312 e. The third kappa shape index (κ3) is 3.56. The summed E-state index contributed by atoms with van der Waals surface area (Å²) in [6.45, 7) is 1.80. The van der Waals surface area contributed by atoms with Gasteiger partial charge >= 0.3 is 5.97 Å². The molecule has 0 aromatic heterocycles. The lowest BCUT2D eigenvalue weighted by Crippen LogP contribution is -2.10. The molecule has 2 rings (SSSR count). The summed E-state index contributed by atoms with van der Waals surface area (Å²) in [7, 11) is 3.01. The molecule has 0 radical (unpaired) electrons. The average molecular weight is 305 g/mol. The second-order valence-corrected chi connectivity index (χ2v) is 5.18. The maximum absolute atomic E-state index is 11.7. The summed E-state index contributed by atoms with van der Waals surface area (Å²) in [5.41, 5.74) is 2.80. The van der Waals surface area contributed by atoms with Gasteiger partial charge < -0.3 is 9.47 Å². The highest BCUT2D eigenvalue weighted by Crippen LogP contribution is 2.29. The first kappa shape index (κ1) is 15.4. The van der Waals surface area contributed by atoms with Gasteiger partial charge in [-0.1, -0.05) is 29.8 Å². The molecule has 0 amide bonds. The number of esters is 1. The summed E-state index contributed by atoms with van der Waals surface area (Å²) in [6.07, 6.45) is 0. The first-order valence-corrected chi connectivity index (χ1v) is 6.95. The maximum atomic E-state index is 11.7. The van der Waals surface area contributed by atoms with Crippen molar-refractivity contribution in [2.75, 3.05) is 14.2 Å². The van der Waals surface area contributed by atoms with Gasteiger partial charge in [-0.2, -0.15) is 0 Å². The van der Waals surface area contributed by atoms with Crippen LogP contribution in [-0.4, -0.2) is 20.2 Å². The molecule has 0 spiro atoms. The van der Waals surface area contributed by atoms with E-state index in [9.17, 15) is 4.79 Å². The molecule has 2 aromatic rings. The topological polar surface area (TPSA) is 35.5 Å². The van der Waals surface area contributed by atoms with Gasteiger partial charge in [-0.05, 0) is 47.9 Å². The first-order chi connectivity index (χ1) is 10.0. The minimum Gasteiger partial charge on any atom is -0.497 e. The lowest BCUT2D eigenvalue weighted by molar-refractivity contribution is -0.141. The predicted molar refractivity (Wildman–Crippen MR) is 83.9 cm³/mol.